The van der Waals surface area contributed by atoms with Gasteiger partial charge in [-0.3, -0.25) is 4.79 Å². The third-order valence-corrected chi connectivity index (χ3v) is 4.02. The molecule has 0 saturated carbocycles. The number of aryl methyl sites for hydroxylation is 2. The minimum atomic E-state index is -0.157. The zero-order chi connectivity index (χ0) is 16.4. The highest BCUT2D eigenvalue weighted by Crippen LogP contribution is 2.21. The van der Waals surface area contributed by atoms with Crippen molar-refractivity contribution in [1.29, 1.82) is 0 Å². The Morgan fingerprint density at radius 1 is 1.22 bits per heavy atom. The Morgan fingerprint density at radius 3 is 2.74 bits per heavy atom. The number of hydrogen-bond acceptors (Lipinski definition) is 2. The number of fused-ring (bicyclic) bond motifs is 1. The molecule has 0 saturated heterocycles. The molecule has 1 aromatic heterocycles. The maximum absolute atomic E-state index is 12.4. The number of aromatic nitrogens is 2. The van der Waals surface area contributed by atoms with Crippen LogP contribution in [0.3, 0.4) is 0 Å². The Balaban J connectivity index is 1.88. The largest absolute Gasteiger partial charge is 0.342 e. The average Bonchev–Trinajstić information content (AvgIpc) is 2.93. The van der Waals surface area contributed by atoms with Crippen molar-refractivity contribution in [1.82, 2.24) is 14.9 Å². The van der Waals surface area contributed by atoms with E-state index in [-0.39, 0.29) is 11.9 Å². The molecule has 0 aliphatic heterocycles. The molecule has 118 valence electrons. The van der Waals surface area contributed by atoms with E-state index in [2.05, 4.69) is 22.9 Å². The molecule has 0 spiro atoms. The maximum atomic E-state index is 12.4. The highest BCUT2D eigenvalue weighted by atomic mass is 16.1. The Bertz CT molecular complexity index is 851. The van der Waals surface area contributed by atoms with E-state index in [4.69, 9.17) is 4.98 Å². The van der Waals surface area contributed by atoms with Gasteiger partial charge in [0.25, 0.3) is 5.91 Å². The summed E-state index contributed by atoms with van der Waals surface area (Å²) in [6, 6.07) is 15.5. The molecule has 3 rings (SSSR count). The second-order valence-corrected chi connectivity index (χ2v) is 5.77. The van der Waals surface area contributed by atoms with Crippen LogP contribution in [0, 0.1) is 6.92 Å². The molecule has 0 radical (unpaired) electrons. The van der Waals surface area contributed by atoms with E-state index in [0.717, 1.165) is 29.0 Å². The summed E-state index contributed by atoms with van der Waals surface area (Å²) in [7, 11) is 0. The second-order valence-electron chi connectivity index (χ2n) is 5.77. The van der Waals surface area contributed by atoms with Gasteiger partial charge in [0.2, 0.25) is 0 Å². The van der Waals surface area contributed by atoms with E-state index < -0.39 is 0 Å². The lowest BCUT2D eigenvalue weighted by molar-refractivity contribution is 0.0937. The van der Waals surface area contributed by atoms with Crippen LogP contribution in [0.25, 0.3) is 11.0 Å². The van der Waals surface area contributed by atoms with Crippen LogP contribution >= 0.6 is 0 Å². The minimum absolute atomic E-state index is 0.0732. The molecule has 4 heteroatoms. The molecule has 0 aliphatic rings. The molecule has 0 aliphatic carbocycles. The molecule has 4 nitrogen and oxygen atoms in total. The van der Waals surface area contributed by atoms with Crippen molar-refractivity contribution in [3.8, 4) is 0 Å². The molecule has 3 aromatic rings. The number of nitrogens with zero attached hydrogens (tertiary/aromatic N) is 2. The first-order chi connectivity index (χ1) is 11.1. The fourth-order valence-electron chi connectivity index (χ4n) is 2.89. The van der Waals surface area contributed by atoms with Crippen molar-refractivity contribution in [2.45, 2.75) is 33.4 Å². The van der Waals surface area contributed by atoms with Gasteiger partial charge in [-0.15, -0.1) is 0 Å². The lowest BCUT2D eigenvalue weighted by Gasteiger charge is -2.15. The maximum Gasteiger partial charge on any atom is 0.251 e. The number of rotatable bonds is 4. The summed E-state index contributed by atoms with van der Waals surface area (Å²) in [4.78, 5) is 17.1. The van der Waals surface area contributed by atoms with Crippen molar-refractivity contribution in [2.24, 2.45) is 0 Å². The molecule has 0 bridgehead atoms. The SMILES string of the molecule is CCn1c([C@@H](C)NC(=O)c2cccc(C)c2)nc2ccccc21. The van der Waals surface area contributed by atoms with Crippen LogP contribution in [-0.2, 0) is 6.54 Å². The van der Waals surface area contributed by atoms with Crippen molar-refractivity contribution in [3.63, 3.8) is 0 Å². The van der Waals surface area contributed by atoms with E-state index in [1.54, 1.807) is 0 Å². The molecule has 1 atom stereocenters. The Hall–Kier alpha value is -2.62. The van der Waals surface area contributed by atoms with Gasteiger partial charge in [-0.1, -0.05) is 29.8 Å². The second kappa shape index (κ2) is 6.24. The number of imidazole rings is 1. The zero-order valence-electron chi connectivity index (χ0n) is 13.7. The topological polar surface area (TPSA) is 46.9 Å². The van der Waals surface area contributed by atoms with Gasteiger partial charge >= 0.3 is 0 Å². The normalized spacial score (nSPS) is 12.3. The predicted molar refractivity (Wildman–Crippen MR) is 92.5 cm³/mol. The van der Waals surface area contributed by atoms with Crippen LogP contribution in [0.4, 0.5) is 0 Å². The van der Waals surface area contributed by atoms with Gasteiger partial charge in [0, 0.05) is 12.1 Å². The van der Waals surface area contributed by atoms with Gasteiger partial charge in [0.1, 0.15) is 5.82 Å². The van der Waals surface area contributed by atoms with Gasteiger partial charge in [0.05, 0.1) is 17.1 Å². The van der Waals surface area contributed by atoms with E-state index in [1.807, 2.05) is 56.3 Å². The number of carbonyl (C=O) groups is 1. The lowest BCUT2D eigenvalue weighted by atomic mass is 10.1. The Kier molecular flexibility index (Phi) is 4.15. The standard InChI is InChI=1S/C19H21N3O/c1-4-22-17-11-6-5-10-16(17)21-18(22)14(3)20-19(23)15-9-7-8-13(2)12-15/h5-12,14H,4H2,1-3H3,(H,20,23)/t14-/m1/s1. The van der Waals surface area contributed by atoms with Crippen molar-refractivity contribution < 1.29 is 4.79 Å². The van der Waals surface area contributed by atoms with Gasteiger partial charge in [-0.05, 0) is 45.0 Å². The summed E-state index contributed by atoms with van der Waals surface area (Å²) in [5, 5.41) is 3.05. The molecular weight excluding hydrogens is 286 g/mol. The molecule has 0 fully saturated rings. The Labute approximate surface area is 136 Å². The van der Waals surface area contributed by atoms with E-state index >= 15 is 0 Å². The first-order valence-electron chi connectivity index (χ1n) is 7.93. The monoisotopic (exact) mass is 307 g/mol. The fourth-order valence-corrected chi connectivity index (χ4v) is 2.89. The third-order valence-electron chi connectivity index (χ3n) is 4.02. The first-order valence-corrected chi connectivity index (χ1v) is 7.93. The summed E-state index contributed by atoms with van der Waals surface area (Å²) < 4.78 is 2.15. The Morgan fingerprint density at radius 2 is 2.00 bits per heavy atom. The highest BCUT2D eigenvalue weighted by molar-refractivity contribution is 5.94. The van der Waals surface area contributed by atoms with E-state index in [1.165, 1.54) is 0 Å². The van der Waals surface area contributed by atoms with Crippen LogP contribution in [0.15, 0.2) is 48.5 Å². The number of para-hydroxylation sites is 2. The predicted octanol–water partition coefficient (Wildman–Crippen LogP) is 3.86. The number of nitrogens with one attached hydrogen (secondary N) is 1. The van der Waals surface area contributed by atoms with Crippen molar-refractivity contribution in [2.75, 3.05) is 0 Å². The minimum Gasteiger partial charge on any atom is -0.342 e. The average molecular weight is 307 g/mol. The van der Waals surface area contributed by atoms with Crippen LogP contribution in [0.2, 0.25) is 0 Å². The van der Waals surface area contributed by atoms with Crippen LogP contribution in [0.1, 0.15) is 41.6 Å². The van der Waals surface area contributed by atoms with E-state index in [9.17, 15) is 4.79 Å². The third kappa shape index (κ3) is 2.97. The highest BCUT2D eigenvalue weighted by Gasteiger charge is 2.18. The molecule has 1 heterocycles. The van der Waals surface area contributed by atoms with Crippen LogP contribution < -0.4 is 5.32 Å². The summed E-state index contributed by atoms with van der Waals surface area (Å²) >= 11 is 0. The van der Waals surface area contributed by atoms with Gasteiger partial charge in [-0.2, -0.15) is 0 Å². The van der Waals surface area contributed by atoms with Crippen molar-refractivity contribution in [3.05, 3.63) is 65.5 Å². The van der Waals surface area contributed by atoms with E-state index in [0.29, 0.717) is 5.56 Å². The molecular formula is C19H21N3O. The van der Waals surface area contributed by atoms with Crippen LogP contribution in [-0.4, -0.2) is 15.5 Å². The fraction of sp³-hybridized carbons (Fsp3) is 0.263. The molecule has 0 unspecified atom stereocenters. The summed E-state index contributed by atoms with van der Waals surface area (Å²) in [5.41, 5.74) is 3.81. The smallest absolute Gasteiger partial charge is 0.251 e. The lowest BCUT2D eigenvalue weighted by Crippen LogP contribution is -2.28. The van der Waals surface area contributed by atoms with Gasteiger partial charge in [-0.25, -0.2) is 4.98 Å². The zero-order valence-corrected chi connectivity index (χ0v) is 13.7. The molecule has 1 amide bonds. The molecule has 23 heavy (non-hydrogen) atoms. The van der Waals surface area contributed by atoms with Crippen LogP contribution in [0.5, 0.6) is 0 Å². The van der Waals surface area contributed by atoms with Gasteiger partial charge in [0.15, 0.2) is 0 Å². The molecule has 2 aromatic carbocycles. The molecule has 1 N–H and O–H groups in total. The van der Waals surface area contributed by atoms with Gasteiger partial charge < -0.3 is 9.88 Å². The summed E-state index contributed by atoms with van der Waals surface area (Å²) in [6.07, 6.45) is 0. The first kappa shape index (κ1) is 15.3. The summed E-state index contributed by atoms with van der Waals surface area (Å²) in [5.74, 6) is 0.811. The van der Waals surface area contributed by atoms with Crippen molar-refractivity contribution >= 4 is 16.9 Å². The number of carbonyl (C=O) groups excluding carboxylic acids is 1. The number of hydrogen-bond donors (Lipinski definition) is 1. The number of amides is 1. The quantitative estimate of drug-likeness (QED) is 0.795. The summed E-state index contributed by atoms with van der Waals surface area (Å²) in [6.45, 7) is 6.87. The number of benzene rings is 2.